The van der Waals surface area contributed by atoms with Crippen LogP contribution in [0.2, 0.25) is 0 Å². The topological polar surface area (TPSA) is 89.6 Å². The van der Waals surface area contributed by atoms with Crippen molar-refractivity contribution in [1.82, 2.24) is 15.5 Å². The number of benzene rings is 1. The molecule has 1 aromatic carbocycles. The van der Waals surface area contributed by atoms with Crippen LogP contribution in [0.25, 0.3) is 11.4 Å². The van der Waals surface area contributed by atoms with E-state index in [9.17, 15) is 18.0 Å². The van der Waals surface area contributed by atoms with Crippen molar-refractivity contribution in [1.29, 1.82) is 0 Å². The third-order valence-corrected chi connectivity index (χ3v) is 3.39. The van der Waals surface area contributed by atoms with Gasteiger partial charge in [-0.1, -0.05) is 35.8 Å². The summed E-state index contributed by atoms with van der Waals surface area (Å²) in [4.78, 5) is 20.5. The third-order valence-electron chi connectivity index (χ3n) is 3.39. The highest BCUT2D eigenvalue weighted by atomic mass is 19.4. The molecule has 0 radical (unpaired) electrons. The van der Waals surface area contributed by atoms with Crippen LogP contribution in [0.1, 0.15) is 42.9 Å². The summed E-state index contributed by atoms with van der Waals surface area (Å²) in [7, 11) is 0. The number of alkyl halides is 3. The second-order valence-corrected chi connectivity index (χ2v) is 5.69. The fourth-order valence-corrected chi connectivity index (χ4v) is 1.93. The van der Waals surface area contributed by atoms with E-state index in [1.807, 2.05) is 6.92 Å². The average molecular weight is 384 g/mol. The second kappa shape index (κ2) is 9.15. The standard InChI is InChI=1S/C17H19F3N4O3/c1-3-4-9-26-23-11(2)10-21-15(25)13-7-5-12(6-8-13)14-22-16(27-24-14)17(18,19)20/h5-8H,3-4,9-10H2,1-2H3,(H,21,25). The van der Waals surface area contributed by atoms with Crippen LogP contribution in [0.15, 0.2) is 33.9 Å². The van der Waals surface area contributed by atoms with Crippen LogP contribution >= 0.6 is 0 Å². The van der Waals surface area contributed by atoms with Crippen LogP contribution < -0.4 is 5.32 Å². The molecular formula is C17H19F3N4O3. The first-order valence-corrected chi connectivity index (χ1v) is 8.26. The van der Waals surface area contributed by atoms with E-state index in [1.165, 1.54) is 24.3 Å². The molecular weight excluding hydrogens is 365 g/mol. The number of unbranched alkanes of at least 4 members (excludes halogenated alkanes) is 1. The molecule has 0 saturated carbocycles. The second-order valence-electron chi connectivity index (χ2n) is 5.69. The van der Waals surface area contributed by atoms with Crippen molar-refractivity contribution in [3.05, 3.63) is 35.7 Å². The maximum absolute atomic E-state index is 12.5. The molecule has 0 spiro atoms. The Labute approximate surface area is 153 Å². The predicted molar refractivity (Wildman–Crippen MR) is 91.0 cm³/mol. The van der Waals surface area contributed by atoms with Gasteiger partial charge in [0, 0.05) is 11.1 Å². The maximum atomic E-state index is 12.5. The molecule has 1 N–H and O–H groups in total. The Morgan fingerprint density at radius 2 is 2.00 bits per heavy atom. The van der Waals surface area contributed by atoms with Crippen LogP contribution in [0, 0.1) is 0 Å². The molecule has 0 aliphatic heterocycles. The molecule has 0 aliphatic carbocycles. The van der Waals surface area contributed by atoms with Gasteiger partial charge < -0.3 is 14.7 Å². The zero-order chi connectivity index (χ0) is 19.9. The first-order chi connectivity index (χ1) is 12.8. The van der Waals surface area contributed by atoms with E-state index in [1.54, 1.807) is 6.92 Å². The quantitative estimate of drug-likeness (QED) is 0.426. The summed E-state index contributed by atoms with van der Waals surface area (Å²) in [5, 5.41) is 9.85. The lowest BCUT2D eigenvalue weighted by atomic mass is 10.1. The first-order valence-electron chi connectivity index (χ1n) is 8.26. The van der Waals surface area contributed by atoms with E-state index >= 15 is 0 Å². The predicted octanol–water partition coefficient (Wildman–Crippen LogP) is 3.68. The maximum Gasteiger partial charge on any atom is 0.471 e. The van der Waals surface area contributed by atoms with Crippen LogP contribution in [-0.2, 0) is 11.0 Å². The summed E-state index contributed by atoms with van der Waals surface area (Å²) in [6, 6.07) is 5.79. The Morgan fingerprint density at radius 1 is 1.30 bits per heavy atom. The SMILES string of the molecule is CCCCON=C(C)CNC(=O)c1ccc(-c2noc(C(F)(F)F)n2)cc1. The molecule has 0 aliphatic rings. The molecule has 2 aromatic rings. The number of rotatable bonds is 8. The van der Waals surface area contributed by atoms with Gasteiger partial charge in [-0.3, -0.25) is 4.79 Å². The van der Waals surface area contributed by atoms with Gasteiger partial charge in [-0.05, 0) is 25.5 Å². The van der Waals surface area contributed by atoms with Crippen LogP contribution in [0.5, 0.6) is 0 Å². The molecule has 1 amide bonds. The highest BCUT2D eigenvalue weighted by Gasteiger charge is 2.38. The Morgan fingerprint density at radius 3 is 2.59 bits per heavy atom. The molecule has 146 valence electrons. The van der Waals surface area contributed by atoms with Crippen molar-refractivity contribution >= 4 is 11.6 Å². The van der Waals surface area contributed by atoms with Crippen molar-refractivity contribution in [2.45, 2.75) is 32.9 Å². The molecule has 0 fully saturated rings. The number of nitrogens with zero attached hydrogens (tertiary/aromatic N) is 3. The number of amides is 1. The molecule has 27 heavy (non-hydrogen) atoms. The zero-order valence-corrected chi connectivity index (χ0v) is 14.8. The van der Waals surface area contributed by atoms with E-state index < -0.39 is 12.1 Å². The number of oxime groups is 1. The van der Waals surface area contributed by atoms with Crippen LogP contribution in [0.4, 0.5) is 13.2 Å². The number of nitrogens with one attached hydrogen (secondary N) is 1. The fraction of sp³-hybridized carbons (Fsp3) is 0.412. The Bertz CT molecular complexity index is 785. The van der Waals surface area contributed by atoms with Gasteiger partial charge in [-0.2, -0.15) is 18.2 Å². The lowest BCUT2D eigenvalue weighted by Gasteiger charge is -2.06. The molecule has 0 unspecified atom stereocenters. The summed E-state index contributed by atoms with van der Waals surface area (Å²) in [6.07, 6.45) is -2.80. The molecule has 7 nitrogen and oxygen atoms in total. The van der Waals surface area contributed by atoms with Gasteiger partial charge in [0.15, 0.2) is 0 Å². The minimum Gasteiger partial charge on any atom is -0.396 e. The normalized spacial score (nSPS) is 12.1. The van der Waals surface area contributed by atoms with Gasteiger partial charge in [-0.25, -0.2) is 0 Å². The Hall–Kier alpha value is -2.91. The number of carbonyl (C=O) groups excluding carboxylic acids is 1. The van der Waals surface area contributed by atoms with Gasteiger partial charge in [-0.15, -0.1) is 0 Å². The number of halogens is 3. The number of carbonyl (C=O) groups is 1. The molecule has 10 heteroatoms. The van der Waals surface area contributed by atoms with Crippen LogP contribution in [-0.4, -0.2) is 34.9 Å². The fourth-order valence-electron chi connectivity index (χ4n) is 1.93. The number of hydrogen-bond donors (Lipinski definition) is 1. The van der Waals surface area contributed by atoms with Crippen molar-refractivity contribution in [2.75, 3.05) is 13.2 Å². The van der Waals surface area contributed by atoms with Gasteiger partial charge in [0.2, 0.25) is 5.82 Å². The lowest BCUT2D eigenvalue weighted by molar-refractivity contribution is -0.159. The van der Waals surface area contributed by atoms with E-state index in [4.69, 9.17) is 4.84 Å². The molecule has 1 aromatic heterocycles. The Kier molecular flexibility index (Phi) is 6.91. The van der Waals surface area contributed by atoms with Crippen molar-refractivity contribution < 1.29 is 27.3 Å². The van der Waals surface area contributed by atoms with Gasteiger partial charge >= 0.3 is 12.1 Å². The van der Waals surface area contributed by atoms with Gasteiger partial charge in [0.05, 0.1) is 12.3 Å². The highest BCUT2D eigenvalue weighted by molar-refractivity contribution is 5.97. The van der Waals surface area contributed by atoms with Gasteiger partial charge in [0.1, 0.15) is 6.61 Å². The summed E-state index contributed by atoms with van der Waals surface area (Å²) in [6.45, 7) is 4.50. The largest absolute Gasteiger partial charge is 0.471 e. The number of aromatic nitrogens is 2. The third kappa shape index (κ3) is 6.08. The van der Waals surface area contributed by atoms with Crippen molar-refractivity contribution in [3.63, 3.8) is 0 Å². The van der Waals surface area contributed by atoms with Crippen LogP contribution in [0.3, 0.4) is 0 Å². The van der Waals surface area contributed by atoms with E-state index in [0.717, 1.165) is 12.8 Å². The first kappa shape index (κ1) is 20.4. The smallest absolute Gasteiger partial charge is 0.396 e. The summed E-state index contributed by atoms with van der Waals surface area (Å²) in [5.74, 6) is -1.98. The highest BCUT2D eigenvalue weighted by Crippen LogP contribution is 2.29. The monoisotopic (exact) mass is 384 g/mol. The molecule has 0 saturated heterocycles. The molecule has 0 atom stereocenters. The van der Waals surface area contributed by atoms with Crippen molar-refractivity contribution in [3.8, 4) is 11.4 Å². The minimum absolute atomic E-state index is 0.207. The number of hydrogen-bond acceptors (Lipinski definition) is 6. The van der Waals surface area contributed by atoms with Gasteiger partial charge in [0.25, 0.3) is 5.91 Å². The van der Waals surface area contributed by atoms with E-state index in [0.29, 0.717) is 23.4 Å². The molecule has 1 heterocycles. The zero-order valence-electron chi connectivity index (χ0n) is 14.8. The summed E-state index contributed by atoms with van der Waals surface area (Å²) in [5.41, 5.74) is 1.24. The molecule has 0 bridgehead atoms. The van der Waals surface area contributed by atoms with E-state index in [2.05, 4.69) is 25.1 Å². The summed E-state index contributed by atoms with van der Waals surface area (Å²) >= 11 is 0. The van der Waals surface area contributed by atoms with Crippen molar-refractivity contribution in [2.24, 2.45) is 5.16 Å². The lowest BCUT2D eigenvalue weighted by Crippen LogP contribution is -2.28. The molecule has 2 rings (SSSR count). The van der Waals surface area contributed by atoms with E-state index in [-0.39, 0.29) is 18.3 Å². The summed E-state index contributed by atoms with van der Waals surface area (Å²) < 4.78 is 41.6. The Balaban J connectivity index is 1.92. The average Bonchev–Trinajstić information content (AvgIpc) is 3.14. The minimum atomic E-state index is -4.70.